The summed E-state index contributed by atoms with van der Waals surface area (Å²) in [5.74, 6) is 0. The van der Waals surface area contributed by atoms with E-state index in [0.29, 0.717) is 0 Å². The highest BCUT2D eigenvalue weighted by molar-refractivity contribution is 7.91. The van der Waals surface area contributed by atoms with Gasteiger partial charge in [0, 0.05) is 0 Å². The van der Waals surface area contributed by atoms with Crippen molar-refractivity contribution >= 4 is 33.6 Å². The molecule has 0 unspecified atom stereocenters. The summed E-state index contributed by atoms with van der Waals surface area (Å²) in [5.41, 5.74) is 0.197. The third-order valence-electron chi connectivity index (χ3n) is 1.74. The van der Waals surface area contributed by atoms with E-state index in [9.17, 15) is 13.2 Å². The van der Waals surface area contributed by atoms with Crippen molar-refractivity contribution in [3.8, 4) is 6.07 Å². The van der Waals surface area contributed by atoms with E-state index < -0.39 is 16.3 Å². The number of amides is 1. The van der Waals surface area contributed by atoms with E-state index in [1.807, 2.05) is 10.8 Å². The van der Waals surface area contributed by atoms with Gasteiger partial charge in [-0.25, -0.2) is 9.52 Å². The van der Waals surface area contributed by atoms with Crippen molar-refractivity contribution in [1.29, 1.82) is 5.26 Å². The lowest BCUT2D eigenvalue weighted by molar-refractivity contribution is 0.177. The van der Waals surface area contributed by atoms with Crippen molar-refractivity contribution in [2.75, 3.05) is 11.8 Å². The van der Waals surface area contributed by atoms with Gasteiger partial charge in [-0.05, 0) is 18.2 Å². The Morgan fingerprint density at radius 2 is 2.17 bits per heavy atom. The molecule has 0 aromatic heterocycles. The number of hydrogen-bond acceptors (Lipinski definition) is 5. The second-order valence-corrected chi connectivity index (χ2v) is 4.83. The van der Waals surface area contributed by atoms with Gasteiger partial charge in [0.15, 0.2) is 0 Å². The van der Waals surface area contributed by atoms with Gasteiger partial charge in [0.1, 0.15) is 0 Å². The van der Waals surface area contributed by atoms with Crippen LogP contribution in [0.4, 0.5) is 10.5 Å². The highest BCUT2D eigenvalue weighted by atomic mass is 35.5. The van der Waals surface area contributed by atoms with E-state index in [0.717, 1.165) is 7.11 Å². The minimum absolute atomic E-state index is 0.0212. The molecule has 0 heterocycles. The number of methoxy groups -OCH3 is 1. The first-order valence-corrected chi connectivity index (χ1v) is 6.32. The summed E-state index contributed by atoms with van der Waals surface area (Å²) < 4.78 is 30.6. The van der Waals surface area contributed by atoms with Gasteiger partial charge in [-0.2, -0.15) is 13.7 Å². The van der Waals surface area contributed by atoms with E-state index in [1.165, 1.54) is 18.2 Å². The predicted octanol–water partition coefficient (Wildman–Crippen LogP) is 1.22. The second kappa shape index (κ2) is 5.57. The third-order valence-corrected chi connectivity index (χ3v) is 3.00. The quantitative estimate of drug-likeness (QED) is 0.870. The second-order valence-electron chi connectivity index (χ2n) is 3.01. The van der Waals surface area contributed by atoms with Crippen molar-refractivity contribution in [1.82, 2.24) is 4.72 Å². The van der Waals surface area contributed by atoms with Crippen LogP contribution in [-0.4, -0.2) is 21.6 Å². The number of anilines is 1. The van der Waals surface area contributed by atoms with Gasteiger partial charge in [-0.15, -0.1) is 0 Å². The molecule has 0 aliphatic rings. The molecular weight excluding hydrogens is 282 g/mol. The molecule has 0 saturated carbocycles. The van der Waals surface area contributed by atoms with Gasteiger partial charge in [0.25, 0.3) is 0 Å². The molecule has 2 N–H and O–H groups in total. The molecule has 1 amide bonds. The molecule has 0 atom stereocenters. The highest BCUT2D eigenvalue weighted by Gasteiger charge is 2.16. The number of hydrogen-bond donors (Lipinski definition) is 2. The van der Waals surface area contributed by atoms with Crippen LogP contribution in [0.3, 0.4) is 0 Å². The number of carbonyl (C=O) groups excluding carboxylic acids is 1. The highest BCUT2D eigenvalue weighted by Crippen LogP contribution is 2.23. The van der Waals surface area contributed by atoms with Crippen LogP contribution in [0.2, 0.25) is 5.02 Å². The Bertz CT molecular complexity index is 609. The van der Waals surface area contributed by atoms with Crippen LogP contribution in [0.5, 0.6) is 0 Å². The van der Waals surface area contributed by atoms with Gasteiger partial charge in [-0.1, -0.05) is 11.6 Å². The van der Waals surface area contributed by atoms with Crippen LogP contribution >= 0.6 is 11.6 Å². The van der Waals surface area contributed by atoms with Crippen LogP contribution in [0, 0.1) is 11.3 Å². The SMILES string of the molecule is COC(=O)NS(=O)(=O)Nc1cc(C#N)ccc1Cl. The summed E-state index contributed by atoms with van der Waals surface area (Å²) in [6.45, 7) is 0. The smallest absolute Gasteiger partial charge is 0.422 e. The average molecular weight is 290 g/mol. The Morgan fingerprint density at radius 3 is 2.72 bits per heavy atom. The van der Waals surface area contributed by atoms with Gasteiger partial charge in [0.2, 0.25) is 0 Å². The van der Waals surface area contributed by atoms with Crippen molar-refractivity contribution < 1.29 is 17.9 Å². The number of ether oxygens (including phenoxy) is 1. The lowest BCUT2D eigenvalue weighted by Crippen LogP contribution is -2.35. The number of carbonyl (C=O) groups is 1. The fourth-order valence-electron chi connectivity index (χ4n) is 0.995. The van der Waals surface area contributed by atoms with Crippen molar-refractivity contribution in [2.24, 2.45) is 0 Å². The molecule has 18 heavy (non-hydrogen) atoms. The molecule has 0 aliphatic carbocycles. The monoisotopic (exact) mass is 289 g/mol. The lowest BCUT2D eigenvalue weighted by Gasteiger charge is -2.09. The average Bonchev–Trinajstić information content (AvgIpc) is 2.31. The number of nitrogens with zero attached hydrogens (tertiary/aromatic N) is 1. The zero-order valence-electron chi connectivity index (χ0n) is 9.10. The summed E-state index contributed by atoms with van der Waals surface area (Å²) in [4.78, 5) is 10.8. The van der Waals surface area contributed by atoms with Crippen LogP contribution in [0.1, 0.15) is 5.56 Å². The Kier molecular flexibility index (Phi) is 4.36. The minimum Gasteiger partial charge on any atom is -0.452 e. The summed E-state index contributed by atoms with van der Waals surface area (Å²) in [6, 6.07) is 5.84. The molecule has 7 nitrogen and oxygen atoms in total. The summed E-state index contributed by atoms with van der Waals surface area (Å²) in [7, 11) is -3.14. The maximum atomic E-state index is 11.5. The topological polar surface area (TPSA) is 108 Å². The van der Waals surface area contributed by atoms with Crippen LogP contribution in [0.25, 0.3) is 0 Å². The summed E-state index contributed by atoms with van der Waals surface area (Å²) >= 11 is 5.75. The first kappa shape index (κ1) is 14.1. The minimum atomic E-state index is -4.16. The van der Waals surface area contributed by atoms with Crippen molar-refractivity contribution in [2.45, 2.75) is 0 Å². The summed E-state index contributed by atoms with van der Waals surface area (Å²) in [5, 5.41) is 8.76. The number of rotatable bonds is 3. The van der Waals surface area contributed by atoms with Gasteiger partial charge < -0.3 is 4.74 Å². The zero-order valence-corrected chi connectivity index (χ0v) is 10.7. The number of benzene rings is 1. The Labute approximate surface area is 108 Å². The molecule has 96 valence electrons. The predicted molar refractivity (Wildman–Crippen MR) is 64.3 cm³/mol. The molecule has 0 aliphatic heterocycles. The first-order chi connectivity index (χ1) is 8.38. The largest absolute Gasteiger partial charge is 0.452 e. The molecule has 0 radical (unpaired) electrons. The van der Waals surface area contributed by atoms with Gasteiger partial charge >= 0.3 is 16.3 Å². The Hall–Kier alpha value is -1.98. The lowest BCUT2D eigenvalue weighted by atomic mass is 10.2. The molecule has 0 bridgehead atoms. The molecule has 0 fully saturated rings. The molecule has 0 spiro atoms. The van der Waals surface area contributed by atoms with Crippen LogP contribution < -0.4 is 9.44 Å². The number of nitrogens with one attached hydrogen (secondary N) is 2. The molecular formula is C9H8ClN3O4S. The maximum absolute atomic E-state index is 11.5. The van der Waals surface area contributed by atoms with Gasteiger partial charge in [-0.3, -0.25) is 4.72 Å². The van der Waals surface area contributed by atoms with E-state index in [1.54, 1.807) is 4.72 Å². The molecule has 1 aromatic rings. The first-order valence-electron chi connectivity index (χ1n) is 4.46. The van der Waals surface area contributed by atoms with Crippen LogP contribution in [0.15, 0.2) is 18.2 Å². The van der Waals surface area contributed by atoms with E-state index >= 15 is 0 Å². The third kappa shape index (κ3) is 3.80. The molecule has 9 heteroatoms. The van der Waals surface area contributed by atoms with E-state index in [4.69, 9.17) is 16.9 Å². The molecule has 0 saturated heterocycles. The van der Waals surface area contributed by atoms with E-state index in [2.05, 4.69) is 4.74 Å². The Balaban J connectivity index is 2.97. The van der Waals surface area contributed by atoms with Crippen molar-refractivity contribution in [3.05, 3.63) is 28.8 Å². The number of halogens is 1. The Morgan fingerprint density at radius 1 is 1.50 bits per heavy atom. The fraction of sp³-hybridized carbons (Fsp3) is 0.111. The standard InChI is InChI=1S/C9H8ClN3O4S/c1-17-9(14)13-18(15,16)12-8-4-6(5-11)2-3-7(8)10/h2-4,12H,1H3,(H,13,14). The molecule has 1 aromatic carbocycles. The number of nitriles is 1. The molecule has 1 rings (SSSR count). The maximum Gasteiger partial charge on any atom is 0.422 e. The summed E-state index contributed by atoms with van der Waals surface area (Å²) in [6.07, 6.45) is -1.14. The fourth-order valence-corrected chi connectivity index (χ4v) is 2.03. The van der Waals surface area contributed by atoms with Gasteiger partial charge in [0.05, 0.1) is 29.5 Å². The van der Waals surface area contributed by atoms with Crippen molar-refractivity contribution in [3.63, 3.8) is 0 Å². The van der Waals surface area contributed by atoms with Crippen LogP contribution in [-0.2, 0) is 14.9 Å². The van der Waals surface area contributed by atoms with E-state index in [-0.39, 0.29) is 16.3 Å². The zero-order chi connectivity index (χ0) is 13.8. The normalized spacial score (nSPS) is 10.3.